The summed E-state index contributed by atoms with van der Waals surface area (Å²) >= 11 is 0. The van der Waals surface area contributed by atoms with E-state index in [1.807, 2.05) is 6.07 Å². The molecule has 28 heavy (non-hydrogen) atoms. The normalized spacial score (nSPS) is 11.1. The highest BCUT2D eigenvalue weighted by Crippen LogP contribution is 2.43. The Hall–Kier alpha value is -3.78. The van der Waals surface area contributed by atoms with Gasteiger partial charge in [-0.2, -0.15) is 0 Å². The van der Waals surface area contributed by atoms with E-state index >= 15 is 0 Å². The Kier molecular flexibility index (Phi) is 3.77. The van der Waals surface area contributed by atoms with E-state index in [4.69, 9.17) is 11.5 Å². The van der Waals surface area contributed by atoms with Gasteiger partial charge in [0.1, 0.15) is 0 Å². The van der Waals surface area contributed by atoms with Gasteiger partial charge in [0, 0.05) is 5.56 Å². The summed E-state index contributed by atoms with van der Waals surface area (Å²) in [5.41, 5.74) is 18.4. The topological polar surface area (TPSA) is 52.0 Å². The summed E-state index contributed by atoms with van der Waals surface area (Å²) in [4.78, 5) is 0. The number of hydrogen-bond acceptors (Lipinski definition) is 2. The first-order valence-electron chi connectivity index (χ1n) is 9.38. The minimum atomic E-state index is 0.604. The molecule has 0 aliphatic heterocycles. The van der Waals surface area contributed by atoms with Crippen LogP contribution in [0.1, 0.15) is 0 Å². The molecule has 0 aliphatic carbocycles. The summed E-state index contributed by atoms with van der Waals surface area (Å²) in [6, 6.07) is 33.5. The van der Waals surface area contributed by atoms with Gasteiger partial charge in [-0.1, -0.05) is 91.0 Å². The zero-order chi connectivity index (χ0) is 19.1. The van der Waals surface area contributed by atoms with Crippen LogP contribution in [-0.4, -0.2) is 0 Å². The minimum absolute atomic E-state index is 0.604. The molecule has 5 aromatic carbocycles. The van der Waals surface area contributed by atoms with Crippen molar-refractivity contribution in [3.8, 4) is 22.3 Å². The van der Waals surface area contributed by atoms with Crippen molar-refractivity contribution in [2.75, 3.05) is 11.5 Å². The summed E-state index contributed by atoms with van der Waals surface area (Å²) in [5, 5.41) is 4.77. The van der Waals surface area contributed by atoms with Crippen LogP contribution in [0.2, 0.25) is 0 Å². The SMILES string of the molecule is Nc1ccc(-c2cccc3ccccc23)c(-c2cccc3ccccc23)c1N. The number of fused-ring (bicyclic) bond motifs is 2. The third kappa shape index (κ3) is 2.50. The summed E-state index contributed by atoms with van der Waals surface area (Å²) < 4.78 is 0. The lowest BCUT2D eigenvalue weighted by Gasteiger charge is -2.18. The van der Waals surface area contributed by atoms with Crippen molar-refractivity contribution < 1.29 is 0 Å². The lowest BCUT2D eigenvalue weighted by Crippen LogP contribution is -2.00. The van der Waals surface area contributed by atoms with E-state index in [1.165, 1.54) is 21.5 Å². The highest BCUT2D eigenvalue weighted by atomic mass is 14.7. The van der Waals surface area contributed by atoms with Gasteiger partial charge in [0.15, 0.2) is 0 Å². The van der Waals surface area contributed by atoms with E-state index in [2.05, 4.69) is 91.0 Å². The van der Waals surface area contributed by atoms with Crippen LogP contribution in [0.15, 0.2) is 97.1 Å². The number of nitrogens with two attached hydrogens (primary N) is 2. The van der Waals surface area contributed by atoms with E-state index in [0.717, 1.165) is 22.3 Å². The number of anilines is 2. The van der Waals surface area contributed by atoms with Gasteiger partial charge < -0.3 is 11.5 Å². The summed E-state index contributed by atoms with van der Waals surface area (Å²) in [6.45, 7) is 0. The van der Waals surface area contributed by atoms with Crippen molar-refractivity contribution in [2.24, 2.45) is 0 Å². The van der Waals surface area contributed by atoms with Crippen LogP contribution in [-0.2, 0) is 0 Å². The molecule has 0 radical (unpaired) electrons. The third-order valence-electron chi connectivity index (χ3n) is 5.42. The van der Waals surface area contributed by atoms with Crippen molar-refractivity contribution in [3.05, 3.63) is 97.1 Å². The Morgan fingerprint density at radius 2 is 0.964 bits per heavy atom. The predicted molar refractivity (Wildman–Crippen MR) is 121 cm³/mol. The minimum Gasteiger partial charge on any atom is -0.397 e. The van der Waals surface area contributed by atoms with Gasteiger partial charge >= 0.3 is 0 Å². The number of hydrogen-bond donors (Lipinski definition) is 2. The van der Waals surface area contributed by atoms with Gasteiger partial charge in [-0.25, -0.2) is 0 Å². The Balaban J connectivity index is 1.90. The van der Waals surface area contributed by atoms with Gasteiger partial charge in [-0.3, -0.25) is 0 Å². The van der Waals surface area contributed by atoms with Crippen LogP contribution >= 0.6 is 0 Å². The molecular weight excluding hydrogens is 340 g/mol. The number of benzene rings is 5. The Labute approximate surface area is 164 Å². The lowest BCUT2D eigenvalue weighted by atomic mass is 9.88. The first-order chi connectivity index (χ1) is 13.7. The van der Waals surface area contributed by atoms with Crippen LogP contribution in [0, 0.1) is 0 Å². The molecule has 2 heteroatoms. The van der Waals surface area contributed by atoms with Crippen LogP contribution in [0.4, 0.5) is 11.4 Å². The molecule has 5 rings (SSSR count). The fourth-order valence-corrected chi connectivity index (χ4v) is 4.05. The van der Waals surface area contributed by atoms with Gasteiger partial charge in [-0.05, 0) is 44.3 Å². The van der Waals surface area contributed by atoms with Crippen molar-refractivity contribution in [1.29, 1.82) is 0 Å². The molecule has 0 aliphatic rings. The quantitative estimate of drug-likeness (QED) is 0.353. The maximum absolute atomic E-state index is 6.56. The molecule has 0 amide bonds. The number of rotatable bonds is 2. The molecule has 0 unspecified atom stereocenters. The molecule has 0 fully saturated rings. The van der Waals surface area contributed by atoms with Crippen LogP contribution in [0.5, 0.6) is 0 Å². The molecule has 0 heterocycles. The maximum Gasteiger partial charge on any atom is 0.0633 e. The maximum atomic E-state index is 6.56. The fraction of sp³-hybridized carbons (Fsp3) is 0. The monoisotopic (exact) mass is 360 g/mol. The molecule has 0 bridgehead atoms. The molecule has 2 nitrogen and oxygen atoms in total. The van der Waals surface area contributed by atoms with E-state index in [1.54, 1.807) is 0 Å². The average molecular weight is 360 g/mol. The van der Waals surface area contributed by atoms with Gasteiger partial charge in [0.2, 0.25) is 0 Å². The van der Waals surface area contributed by atoms with Crippen molar-refractivity contribution >= 4 is 32.9 Å². The van der Waals surface area contributed by atoms with Gasteiger partial charge in [0.05, 0.1) is 11.4 Å². The highest BCUT2D eigenvalue weighted by molar-refractivity contribution is 6.09. The number of nitrogen functional groups attached to an aromatic ring is 2. The molecule has 0 saturated heterocycles. The summed E-state index contributed by atoms with van der Waals surface area (Å²) in [6.07, 6.45) is 0. The summed E-state index contributed by atoms with van der Waals surface area (Å²) in [7, 11) is 0. The molecule has 0 atom stereocenters. The zero-order valence-electron chi connectivity index (χ0n) is 15.4. The zero-order valence-corrected chi connectivity index (χ0v) is 15.4. The van der Waals surface area contributed by atoms with Crippen LogP contribution in [0.25, 0.3) is 43.8 Å². The molecule has 0 spiro atoms. The Morgan fingerprint density at radius 3 is 1.64 bits per heavy atom. The second-order valence-electron chi connectivity index (χ2n) is 7.04. The second-order valence-corrected chi connectivity index (χ2v) is 7.04. The molecule has 4 N–H and O–H groups in total. The first-order valence-corrected chi connectivity index (χ1v) is 9.38. The standard InChI is InChI=1S/C26H20N2/c27-24-16-15-23(21-13-5-9-17-7-1-3-11-19(17)21)25(26(24)28)22-14-6-10-18-8-2-4-12-20(18)22/h1-16H,27-28H2. The lowest BCUT2D eigenvalue weighted by molar-refractivity contribution is 1.60. The van der Waals surface area contributed by atoms with Crippen LogP contribution in [0.3, 0.4) is 0 Å². The Bertz CT molecular complexity index is 1320. The average Bonchev–Trinajstić information content (AvgIpc) is 2.75. The molecular formula is C26H20N2. The highest BCUT2D eigenvalue weighted by Gasteiger charge is 2.16. The molecule has 0 aromatic heterocycles. The summed E-state index contributed by atoms with van der Waals surface area (Å²) in [5.74, 6) is 0. The molecule has 0 saturated carbocycles. The van der Waals surface area contributed by atoms with Gasteiger partial charge in [0.25, 0.3) is 0 Å². The van der Waals surface area contributed by atoms with E-state index in [-0.39, 0.29) is 0 Å². The van der Waals surface area contributed by atoms with Crippen molar-refractivity contribution in [3.63, 3.8) is 0 Å². The molecule has 134 valence electrons. The van der Waals surface area contributed by atoms with Gasteiger partial charge in [-0.15, -0.1) is 0 Å². The van der Waals surface area contributed by atoms with Crippen molar-refractivity contribution in [1.82, 2.24) is 0 Å². The third-order valence-corrected chi connectivity index (χ3v) is 5.42. The largest absolute Gasteiger partial charge is 0.397 e. The van der Waals surface area contributed by atoms with E-state index < -0.39 is 0 Å². The van der Waals surface area contributed by atoms with Crippen LogP contribution < -0.4 is 11.5 Å². The molecule has 5 aromatic rings. The Morgan fingerprint density at radius 1 is 0.429 bits per heavy atom. The second kappa shape index (κ2) is 6.43. The fourth-order valence-electron chi connectivity index (χ4n) is 4.05. The van der Waals surface area contributed by atoms with E-state index in [9.17, 15) is 0 Å². The predicted octanol–water partition coefficient (Wildman–Crippen LogP) is 6.49. The van der Waals surface area contributed by atoms with E-state index in [0.29, 0.717) is 11.4 Å². The smallest absolute Gasteiger partial charge is 0.0633 e. The van der Waals surface area contributed by atoms with Crippen molar-refractivity contribution in [2.45, 2.75) is 0 Å². The first kappa shape index (κ1) is 16.4.